The Bertz CT molecular complexity index is 485. The van der Waals surface area contributed by atoms with Gasteiger partial charge in [0, 0.05) is 6.42 Å². The van der Waals surface area contributed by atoms with Crippen LogP contribution in [0.2, 0.25) is 0 Å². The maximum Gasteiger partial charge on any atom is 0.455 e. The number of carbonyl (C=O) groups excluding carboxylic acids is 1. The molecule has 1 heterocycles. The molecule has 0 fully saturated rings. The molecule has 0 unspecified atom stereocenters. The van der Waals surface area contributed by atoms with Crippen LogP contribution < -0.4 is 16.2 Å². The first kappa shape index (κ1) is 12.2. The molecule has 1 aromatic rings. The predicted octanol–water partition coefficient (Wildman–Crippen LogP) is 0.119. The molecule has 0 radical (unpaired) electrons. The van der Waals surface area contributed by atoms with Crippen molar-refractivity contribution in [3.63, 3.8) is 0 Å². The number of carbonyl (C=O) groups is 1. The van der Waals surface area contributed by atoms with Crippen molar-refractivity contribution in [2.45, 2.75) is 33.1 Å². The fourth-order valence-corrected chi connectivity index (χ4v) is 1.10. The van der Waals surface area contributed by atoms with E-state index in [1.54, 1.807) is 6.92 Å². The SMILES string of the molecule is CCCC(=O)On1cc(CC)c(=O)oc1=O. The lowest BCUT2D eigenvalue weighted by Crippen LogP contribution is -2.33. The molecule has 0 saturated carbocycles. The minimum atomic E-state index is -0.994. The van der Waals surface area contributed by atoms with Crippen LogP contribution in [0.25, 0.3) is 0 Å². The molecular formula is C10H13NO5. The quantitative estimate of drug-likeness (QED) is 0.730. The van der Waals surface area contributed by atoms with Gasteiger partial charge in [-0.25, -0.2) is 14.4 Å². The molecular weight excluding hydrogens is 214 g/mol. The Morgan fingerprint density at radius 3 is 2.69 bits per heavy atom. The normalized spacial score (nSPS) is 10.1. The average Bonchev–Trinajstić information content (AvgIpc) is 2.22. The molecule has 0 spiro atoms. The second kappa shape index (κ2) is 5.29. The van der Waals surface area contributed by atoms with Gasteiger partial charge in [-0.2, -0.15) is 0 Å². The lowest BCUT2D eigenvalue weighted by molar-refractivity contribution is -0.145. The number of hydrogen-bond acceptors (Lipinski definition) is 5. The van der Waals surface area contributed by atoms with Crippen LogP contribution >= 0.6 is 0 Å². The van der Waals surface area contributed by atoms with Gasteiger partial charge in [-0.1, -0.05) is 13.8 Å². The largest absolute Gasteiger partial charge is 0.455 e. The van der Waals surface area contributed by atoms with Crippen molar-refractivity contribution in [3.05, 3.63) is 32.7 Å². The summed E-state index contributed by atoms with van der Waals surface area (Å²) in [5.41, 5.74) is -0.417. The third-order valence-electron chi connectivity index (χ3n) is 1.93. The van der Waals surface area contributed by atoms with Gasteiger partial charge in [-0.15, -0.1) is 4.73 Å². The smallest absolute Gasteiger partial charge is 0.370 e. The summed E-state index contributed by atoms with van der Waals surface area (Å²) in [6.45, 7) is 3.54. The first-order chi connectivity index (χ1) is 7.58. The first-order valence-electron chi connectivity index (χ1n) is 5.05. The minimum absolute atomic E-state index is 0.201. The van der Waals surface area contributed by atoms with Gasteiger partial charge in [0.15, 0.2) is 0 Å². The summed E-state index contributed by atoms with van der Waals surface area (Å²) in [6.07, 6.45) is 2.40. The van der Waals surface area contributed by atoms with Crippen molar-refractivity contribution in [1.29, 1.82) is 0 Å². The van der Waals surface area contributed by atoms with Crippen molar-refractivity contribution in [2.75, 3.05) is 0 Å². The Hall–Kier alpha value is -1.85. The number of aryl methyl sites for hydroxylation is 1. The van der Waals surface area contributed by atoms with Crippen molar-refractivity contribution in [2.24, 2.45) is 0 Å². The maximum atomic E-state index is 11.2. The second-order valence-corrected chi connectivity index (χ2v) is 3.20. The molecule has 88 valence electrons. The zero-order valence-corrected chi connectivity index (χ0v) is 9.19. The standard InChI is InChI=1S/C10H13NO5/c1-3-5-8(12)16-11-6-7(4-2)9(13)15-10(11)14/h6H,3-5H2,1-2H3. The molecule has 16 heavy (non-hydrogen) atoms. The van der Waals surface area contributed by atoms with Gasteiger partial charge in [0.05, 0.1) is 11.8 Å². The zero-order valence-electron chi connectivity index (χ0n) is 9.19. The van der Waals surface area contributed by atoms with E-state index in [1.807, 2.05) is 6.92 Å². The number of rotatable bonds is 4. The summed E-state index contributed by atoms with van der Waals surface area (Å²) in [4.78, 5) is 38.1. The Kier molecular flexibility index (Phi) is 4.04. The van der Waals surface area contributed by atoms with Gasteiger partial charge >= 0.3 is 17.4 Å². The molecule has 1 rings (SSSR count). The molecule has 6 heteroatoms. The molecule has 0 aromatic carbocycles. The lowest BCUT2D eigenvalue weighted by Gasteiger charge is -2.04. The van der Waals surface area contributed by atoms with E-state index >= 15 is 0 Å². The molecule has 0 saturated heterocycles. The van der Waals surface area contributed by atoms with E-state index in [0.29, 0.717) is 17.6 Å². The molecule has 0 aliphatic heterocycles. The van der Waals surface area contributed by atoms with Gasteiger partial charge in [0.2, 0.25) is 0 Å². The van der Waals surface area contributed by atoms with E-state index in [2.05, 4.69) is 4.42 Å². The molecule has 0 aliphatic rings. The Balaban J connectivity index is 3.01. The third kappa shape index (κ3) is 2.82. The van der Waals surface area contributed by atoms with E-state index in [9.17, 15) is 14.4 Å². The lowest BCUT2D eigenvalue weighted by atomic mass is 10.3. The Morgan fingerprint density at radius 1 is 1.44 bits per heavy atom. The molecule has 0 atom stereocenters. The highest BCUT2D eigenvalue weighted by Crippen LogP contribution is 1.91. The van der Waals surface area contributed by atoms with E-state index in [4.69, 9.17) is 4.84 Å². The maximum absolute atomic E-state index is 11.2. The van der Waals surface area contributed by atoms with Crippen LogP contribution in [0.15, 0.2) is 20.2 Å². The van der Waals surface area contributed by atoms with Gasteiger partial charge in [-0.3, -0.25) is 0 Å². The topological polar surface area (TPSA) is 78.5 Å². The molecule has 0 amide bonds. The van der Waals surface area contributed by atoms with E-state index < -0.39 is 17.4 Å². The highest BCUT2D eigenvalue weighted by Gasteiger charge is 2.09. The van der Waals surface area contributed by atoms with Crippen molar-refractivity contribution < 1.29 is 14.0 Å². The highest BCUT2D eigenvalue weighted by atomic mass is 16.7. The zero-order chi connectivity index (χ0) is 12.1. The summed E-state index contributed by atoms with van der Waals surface area (Å²) in [5.74, 6) is -1.54. The van der Waals surface area contributed by atoms with Crippen molar-refractivity contribution in [3.8, 4) is 0 Å². The summed E-state index contributed by atoms with van der Waals surface area (Å²) in [5, 5.41) is 0. The number of aromatic nitrogens is 1. The van der Waals surface area contributed by atoms with Gasteiger partial charge in [0.25, 0.3) is 0 Å². The molecule has 0 bridgehead atoms. The molecule has 0 N–H and O–H groups in total. The van der Waals surface area contributed by atoms with Crippen LogP contribution in [0.1, 0.15) is 32.3 Å². The average molecular weight is 227 g/mol. The van der Waals surface area contributed by atoms with E-state index in [1.165, 1.54) is 6.20 Å². The van der Waals surface area contributed by atoms with Crippen LogP contribution in [-0.2, 0) is 11.2 Å². The summed E-state index contributed by atoms with van der Waals surface area (Å²) >= 11 is 0. The first-order valence-corrected chi connectivity index (χ1v) is 5.05. The Labute approximate surface area is 91.4 Å². The van der Waals surface area contributed by atoms with Crippen molar-refractivity contribution >= 4 is 5.97 Å². The predicted molar refractivity (Wildman–Crippen MR) is 55.1 cm³/mol. The fraction of sp³-hybridized carbons (Fsp3) is 0.500. The van der Waals surface area contributed by atoms with Crippen LogP contribution in [-0.4, -0.2) is 10.7 Å². The summed E-state index contributed by atoms with van der Waals surface area (Å²) in [7, 11) is 0. The van der Waals surface area contributed by atoms with Crippen LogP contribution in [0.5, 0.6) is 0 Å². The fourth-order valence-electron chi connectivity index (χ4n) is 1.10. The van der Waals surface area contributed by atoms with Crippen molar-refractivity contribution in [1.82, 2.24) is 4.73 Å². The molecule has 0 aliphatic carbocycles. The van der Waals surface area contributed by atoms with Crippen LogP contribution in [0.3, 0.4) is 0 Å². The minimum Gasteiger partial charge on any atom is -0.370 e. The summed E-state index contributed by atoms with van der Waals surface area (Å²) in [6, 6.07) is 0. The highest BCUT2D eigenvalue weighted by molar-refractivity contribution is 5.69. The monoisotopic (exact) mass is 227 g/mol. The van der Waals surface area contributed by atoms with E-state index in [-0.39, 0.29) is 12.0 Å². The number of hydrogen-bond donors (Lipinski definition) is 0. The number of nitrogens with zero attached hydrogens (tertiary/aromatic N) is 1. The van der Waals surface area contributed by atoms with Gasteiger partial charge < -0.3 is 9.25 Å². The van der Waals surface area contributed by atoms with Gasteiger partial charge in [0.1, 0.15) is 0 Å². The summed E-state index contributed by atoms with van der Waals surface area (Å²) < 4.78 is 5.03. The van der Waals surface area contributed by atoms with E-state index in [0.717, 1.165) is 0 Å². The molecule has 6 nitrogen and oxygen atoms in total. The van der Waals surface area contributed by atoms with Crippen LogP contribution in [0, 0.1) is 0 Å². The molecule has 1 aromatic heterocycles. The second-order valence-electron chi connectivity index (χ2n) is 3.20. The van der Waals surface area contributed by atoms with Crippen LogP contribution in [0.4, 0.5) is 0 Å². The Morgan fingerprint density at radius 2 is 2.12 bits per heavy atom. The third-order valence-corrected chi connectivity index (χ3v) is 1.93. The van der Waals surface area contributed by atoms with Gasteiger partial charge in [-0.05, 0) is 12.8 Å².